The van der Waals surface area contributed by atoms with Crippen LogP contribution in [0.4, 0.5) is 0 Å². The molecule has 1 fully saturated rings. The molecule has 0 spiro atoms. The number of nitrogens with zero attached hydrogens (tertiary/aromatic N) is 2. The highest BCUT2D eigenvalue weighted by Gasteiger charge is 2.14. The smallest absolute Gasteiger partial charge is 0.0146 e. The molecule has 1 atom stereocenters. The largest absolute Gasteiger partial charge is 0.327 e. The van der Waals surface area contributed by atoms with Crippen LogP contribution in [0.3, 0.4) is 0 Å². The van der Waals surface area contributed by atoms with E-state index in [1.54, 1.807) is 0 Å². The van der Waals surface area contributed by atoms with Gasteiger partial charge in [-0.2, -0.15) is 0 Å². The van der Waals surface area contributed by atoms with Crippen LogP contribution in [-0.2, 0) is 0 Å². The quantitative estimate of drug-likeness (QED) is 0.804. The maximum Gasteiger partial charge on any atom is 0.0146 e. The van der Waals surface area contributed by atoms with Crippen LogP contribution in [0.5, 0.6) is 0 Å². The zero-order valence-corrected chi connectivity index (χ0v) is 12.6. The Hall–Kier alpha value is -0.550. The average molecular weight is 279 g/mol. The van der Waals surface area contributed by atoms with Crippen molar-refractivity contribution in [2.75, 3.05) is 45.5 Å². The van der Waals surface area contributed by atoms with Crippen LogP contribution in [-0.4, -0.2) is 61.4 Å². The van der Waals surface area contributed by atoms with Crippen molar-refractivity contribution in [1.82, 2.24) is 9.80 Å². The molecule has 0 aliphatic carbocycles. The van der Waals surface area contributed by atoms with Gasteiger partial charge in [0.15, 0.2) is 0 Å². The molecule has 1 heterocycles. The molecule has 3 nitrogen and oxygen atoms in total. The van der Waals surface area contributed by atoms with Gasteiger partial charge in [-0.15, -0.1) is 11.8 Å². The summed E-state index contributed by atoms with van der Waals surface area (Å²) in [6.07, 6.45) is 1.10. The Morgan fingerprint density at radius 3 is 2.53 bits per heavy atom. The predicted molar refractivity (Wildman–Crippen MR) is 83.7 cm³/mol. The summed E-state index contributed by atoms with van der Waals surface area (Å²) in [5.41, 5.74) is 6.21. The van der Waals surface area contributed by atoms with E-state index in [4.69, 9.17) is 5.73 Å². The summed E-state index contributed by atoms with van der Waals surface area (Å²) in [5, 5.41) is 0. The summed E-state index contributed by atoms with van der Waals surface area (Å²) in [7, 11) is 2.19. The molecule has 1 aliphatic heterocycles. The van der Waals surface area contributed by atoms with Crippen molar-refractivity contribution in [3.05, 3.63) is 30.3 Å². The molecule has 1 aromatic carbocycles. The fourth-order valence-corrected chi connectivity index (χ4v) is 3.15. The van der Waals surface area contributed by atoms with Crippen LogP contribution < -0.4 is 5.73 Å². The highest BCUT2D eigenvalue weighted by Crippen LogP contribution is 2.18. The summed E-state index contributed by atoms with van der Waals surface area (Å²) in [4.78, 5) is 6.24. The SMILES string of the molecule is CN1CCN(CC[C@@H](N)CSc2ccccc2)CC1. The maximum absolute atomic E-state index is 6.21. The van der Waals surface area contributed by atoms with Crippen molar-refractivity contribution in [1.29, 1.82) is 0 Å². The van der Waals surface area contributed by atoms with Crippen LogP contribution in [0.2, 0.25) is 0 Å². The molecule has 0 amide bonds. The van der Waals surface area contributed by atoms with Crippen LogP contribution in [0.15, 0.2) is 35.2 Å². The lowest BCUT2D eigenvalue weighted by Crippen LogP contribution is -2.45. The van der Waals surface area contributed by atoms with Crippen LogP contribution in [0.25, 0.3) is 0 Å². The minimum absolute atomic E-state index is 0.296. The van der Waals surface area contributed by atoms with Gasteiger partial charge in [-0.05, 0) is 32.1 Å². The molecule has 0 radical (unpaired) electrons. The summed E-state index contributed by atoms with van der Waals surface area (Å²) in [5.74, 6) is 1.01. The second kappa shape index (κ2) is 7.90. The molecule has 2 rings (SSSR count). The molecule has 1 aliphatic rings. The monoisotopic (exact) mass is 279 g/mol. The number of thioether (sulfide) groups is 1. The first-order chi connectivity index (χ1) is 9.24. The van der Waals surface area contributed by atoms with Gasteiger partial charge in [0, 0.05) is 42.9 Å². The lowest BCUT2D eigenvalue weighted by Gasteiger charge is -2.32. The van der Waals surface area contributed by atoms with Crippen molar-refractivity contribution >= 4 is 11.8 Å². The number of nitrogens with two attached hydrogens (primary N) is 1. The molecular formula is C15H25N3S. The molecule has 1 saturated heterocycles. The van der Waals surface area contributed by atoms with Gasteiger partial charge in [0.2, 0.25) is 0 Å². The Morgan fingerprint density at radius 2 is 1.84 bits per heavy atom. The number of hydrogen-bond acceptors (Lipinski definition) is 4. The number of likely N-dealkylation sites (N-methyl/N-ethyl adjacent to an activating group) is 1. The molecule has 0 bridgehead atoms. The number of rotatable bonds is 6. The summed E-state index contributed by atoms with van der Waals surface area (Å²) < 4.78 is 0. The van der Waals surface area contributed by atoms with Crippen molar-refractivity contribution in [2.45, 2.75) is 17.4 Å². The minimum atomic E-state index is 0.296. The van der Waals surface area contributed by atoms with Crippen LogP contribution in [0, 0.1) is 0 Å². The Labute approximate surface area is 121 Å². The third kappa shape index (κ3) is 5.53. The summed E-state index contributed by atoms with van der Waals surface area (Å²) >= 11 is 1.86. The van der Waals surface area contributed by atoms with E-state index in [1.807, 2.05) is 11.8 Å². The Balaban J connectivity index is 1.61. The number of piperazine rings is 1. The van der Waals surface area contributed by atoms with E-state index in [0.29, 0.717) is 6.04 Å². The summed E-state index contributed by atoms with van der Waals surface area (Å²) in [6.45, 7) is 5.90. The molecule has 106 valence electrons. The molecule has 2 N–H and O–H groups in total. The topological polar surface area (TPSA) is 32.5 Å². The molecule has 4 heteroatoms. The standard InChI is InChI=1S/C15H25N3S/c1-17-9-11-18(12-10-17)8-7-14(16)13-19-15-5-3-2-4-6-15/h2-6,14H,7-13,16H2,1H3/t14-/m1/s1. The highest BCUT2D eigenvalue weighted by molar-refractivity contribution is 7.99. The van der Waals surface area contributed by atoms with Crippen LogP contribution in [0.1, 0.15) is 6.42 Å². The van der Waals surface area contributed by atoms with E-state index in [0.717, 1.165) is 18.7 Å². The normalized spacial score (nSPS) is 19.5. The zero-order valence-electron chi connectivity index (χ0n) is 11.8. The number of hydrogen-bond donors (Lipinski definition) is 1. The Bertz CT molecular complexity index is 350. The lowest BCUT2D eigenvalue weighted by atomic mass is 10.2. The third-order valence-corrected chi connectivity index (χ3v) is 4.82. The molecule has 19 heavy (non-hydrogen) atoms. The van der Waals surface area contributed by atoms with Gasteiger partial charge in [0.1, 0.15) is 0 Å². The van der Waals surface area contributed by atoms with Gasteiger partial charge in [-0.3, -0.25) is 0 Å². The van der Waals surface area contributed by atoms with Gasteiger partial charge < -0.3 is 15.5 Å². The van der Waals surface area contributed by atoms with E-state index in [9.17, 15) is 0 Å². The molecule has 0 unspecified atom stereocenters. The zero-order chi connectivity index (χ0) is 13.5. The minimum Gasteiger partial charge on any atom is -0.327 e. The van der Waals surface area contributed by atoms with E-state index in [2.05, 4.69) is 47.2 Å². The number of benzene rings is 1. The maximum atomic E-state index is 6.21. The van der Waals surface area contributed by atoms with E-state index < -0.39 is 0 Å². The predicted octanol–water partition coefficient (Wildman–Crippen LogP) is 1.74. The van der Waals surface area contributed by atoms with Gasteiger partial charge in [-0.1, -0.05) is 18.2 Å². The van der Waals surface area contributed by atoms with Crippen LogP contribution >= 0.6 is 11.8 Å². The first-order valence-electron chi connectivity index (χ1n) is 7.08. The summed E-state index contributed by atoms with van der Waals surface area (Å²) in [6, 6.07) is 10.8. The highest BCUT2D eigenvalue weighted by atomic mass is 32.2. The fraction of sp³-hybridized carbons (Fsp3) is 0.600. The van der Waals surface area contributed by atoms with Gasteiger partial charge in [-0.25, -0.2) is 0 Å². The third-order valence-electron chi connectivity index (χ3n) is 3.62. The fourth-order valence-electron chi connectivity index (χ4n) is 2.22. The second-order valence-corrected chi connectivity index (χ2v) is 6.41. The Kier molecular flexibility index (Phi) is 6.17. The average Bonchev–Trinajstić information content (AvgIpc) is 2.45. The van der Waals surface area contributed by atoms with Gasteiger partial charge >= 0.3 is 0 Å². The Morgan fingerprint density at radius 1 is 1.16 bits per heavy atom. The first-order valence-corrected chi connectivity index (χ1v) is 8.07. The molecular weight excluding hydrogens is 254 g/mol. The second-order valence-electron chi connectivity index (χ2n) is 5.32. The van der Waals surface area contributed by atoms with E-state index >= 15 is 0 Å². The van der Waals surface area contributed by atoms with Crippen molar-refractivity contribution in [2.24, 2.45) is 5.73 Å². The molecule has 0 saturated carbocycles. The van der Waals surface area contributed by atoms with E-state index in [-0.39, 0.29) is 0 Å². The van der Waals surface area contributed by atoms with Crippen molar-refractivity contribution in [3.8, 4) is 0 Å². The lowest BCUT2D eigenvalue weighted by molar-refractivity contribution is 0.151. The molecule has 1 aromatic rings. The van der Waals surface area contributed by atoms with E-state index in [1.165, 1.54) is 31.1 Å². The van der Waals surface area contributed by atoms with Crippen molar-refractivity contribution in [3.63, 3.8) is 0 Å². The first kappa shape index (κ1) is 14.9. The van der Waals surface area contributed by atoms with Gasteiger partial charge in [0.05, 0.1) is 0 Å². The molecule has 0 aromatic heterocycles. The van der Waals surface area contributed by atoms with Gasteiger partial charge in [0.25, 0.3) is 0 Å². The van der Waals surface area contributed by atoms with Crippen molar-refractivity contribution < 1.29 is 0 Å².